The molecule has 4 aromatic heterocycles. The van der Waals surface area contributed by atoms with Gasteiger partial charge in [-0.1, -0.05) is 36.4 Å². The summed E-state index contributed by atoms with van der Waals surface area (Å²) in [5.74, 6) is 2.83. The molecule has 4 nitrogen and oxygen atoms in total. The van der Waals surface area contributed by atoms with E-state index in [2.05, 4.69) is 0 Å². The van der Waals surface area contributed by atoms with Crippen molar-refractivity contribution in [3.05, 3.63) is 84.9 Å². The van der Waals surface area contributed by atoms with Crippen molar-refractivity contribution < 1.29 is 17.7 Å². The summed E-state index contributed by atoms with van der Waals surface area (Å²) in [6, 6.07) is 27.8. The van der Waals surface area contributed by atoms with Gasteiger partial charge in [0.15, 0.2) is 23.0 Å². The van der Waals surface area contributed by atoms with E-state index in [1.165, 1.54) is 0 Å². The highest BCUT2D eigenvalue weighted by Gasteiger charge is 2.16. The monoisotopic (exact) mass is 390 g/mol. The van der Waals surface area contributed by atoms with E-state index >= 15 is 0 Å². The summed E-state index contributed by atoms with van der Waals surface area (Å²) in [6.45, 7) is 0. The Bertz CT molecular complexity index is 1460. The zero-order chi connectivity index (χ0) is 19.7. The van der Waals surface area contributed by atoms with E-state index in [1.807, 2.05) is 84.9 Å². The van der Waals surface area contributed by atoms with Crippen molar-refractivity contribution in [3.63, 3.8) is 0 Å². The van der Waals surface area contributed by atoms with Crippen LogP contribution in [0.2, 0.25) is 0 Å². The Hall–Kier alpha value is -4.18. The highest BCUT2D eigenvalue weighted by molar-refractivity contribution is 5.97. The standard InChI is InChI=1S/C26H14O4/c1-3-7-19-15(5-1)9-23(27-19)25-13-17-11-22-18(12-21(17)29-25)14-26(30-22)24-10-16-6-2-4-8-20(16)28-24/h1-14H. The number of hydrogen-bond acceptors (Lipinski definition) is 4. The largest absolute Gasteiger partial charge is 0.453 e. The fourth-order valence-electron chi connectivity index (χ4n) is 4.02. The lowest BCUT2D eigenvalue weighted by Crippen LogP contribution is -1.63. The van der Waals surface area contributed by atoms with Gasteiger partial charge in [-0.2, -0.15) is 0 Å². The van der Waals surface area contributed by atoms with Crippen LogP contribution in [0.1, 0.15) is 0 Å². The van der Waals surface area contributed by atoms with Gasteiger partial charge >= 0.3 is 0 Å². The summed E-state index contributed by atoms with van der Waals surface area (Å²) in [5, 5.41) is 4.03. The van der Waals surface area contributed by atoms with Gasteiger partial charge in [-0.15, -0.1) is 0 Å². The number of rotatable bonds is 2. The predicted octanol–water partition coefficient (Wildman–Crippen LogP) is 8.01. The van der Waals surface area contributed by atoms with Gasteiger partial charge in [0, 0.05) is 21.5 Å². The lowest BCUT2D eigenvalue weighted by Gasteiger charge is -1.89. The van der Waals surface area contributed by atoms with E-state index in [9.17, 15) is 0 Å². The normalized spacial score (nSPS) is 12.0. The van der Waals surface area contributed by atoms with Crippen LogP contribution < -0.4 is 0 Å². The SMILES string of the molecule is c1ccc2oc(-c3cc4cc5oc(-c6cc7ccccc7o6)cc5cc4o3)cc2c1. The Morgan fingerprint density at radius 2 is 0.700 bits per heavy atom. The summed E-state index contributed by atoms with van der Waals surface area (Å²) in [5.41, 5.74) is 3.26. The van der Waals surface area contributed by atoms with Crippen molar-refractivity contribution in [1.29, 1.82) is 0 Å². The van der Waals surface area contributed by atoms with Crippen molar-refractivity contribution in [2.24, 2.45) is 0 Å². The first-order valence-corrected chi connectivity index (χ1v) is 9.75. The van der Waals surface area contributed by atoms with E-state index in [1.54, 1.807) is 0 Å². The molecule has 0 unspecified atom stereocenters. The van der Waals surface area contributed by atoms with E-state index < -0.39 is 0 Å². The van der Waals surface area contributed by atoms with E-state index in [-0.39, 0.29) is 0 Å². The van der Waals surface area contributed by atoms with Crippen LogP contribution in [0.15, 0.2) is 103 Å². The molecule has 4 heteroatoms. The summed E-state index contributed by atoms with van der Waals surface area (Å²) in [6.07, 6.45) is 0. The topological polar surface area (TPSA) is 52.6 Å². The summed E-state index contributed by atoms with van der Waals surface area (Å²) < 4.78 is 24.1. The van der Waals surface area contributed by atoms with Crippen LogP contribution in [-0.4, -0.2) is 0 Å². The number of hydrogen-bond donors (Lipinski definition) is 0. The lowest BCUT2D eigenvalue weighted by molar-refractivity contribution is 0.568. The van der Waals surface area contributed by atoms with Crippen LogP contribution in [0, 0.1) is 0 Å². The second kappa shape index (κ2) is 5.67. The van der Waals surface area contributed by atoms with Gasteiger partial charge in [0.2, 0.25) is 0 Å². The van der Waals surface area contributed by atoms with Crippen LogP contribution in [0.25, 0.3) is 66.9 Å². The molecule has 0 aliphatic rings. The summed E-state index contributed by atoms with van der Waals surface area (Å²) in [7, 11) is 0. The van der Waals surface area contributed by atoms with Gasteiger partial charge in [-0.3, -0.25) is 0 Å². The summed E-state index contributed by atoms with van der Waals surface area (Å²) in [4.78, 5) is 0. The molecule has 0 saturated carbocycles. The zero-order valence-electron chi connectivity index (χ0n) is 15.7. The molecule has 0 spiro atoms. The predicted molar refractivity (Wildman–Crippen MR) is 116 cm³/mol. The maximum Gasteiger partial charge on any atom is 0.170 e. The van der Waals surface area contributed by atoms with Crippen LogP contribution >= 0.6 is 0 Å². The molecule has 0 saturated heterocycles. The minimum absolute atomic E-state index is 0.700. The van der Waals surface area contributed by atoms with E-state index in [0.717, 1.165) is 43.9 Å². The van der Waals surface area contributed by atoms with Crippen LogP contribution in [0.5, 0.6) is 0 Å². The fraction of sp³-hybridized carbons (Fsp3) is 0. The number of fused-ring (bicyclic) bond motifs is 4. The molecule has 0 aliphatic heterocycles. The third kappa shape index (κ3) is 2.28. The second-order valence-corrected chi connectivity index (χ2v) is 7.45. The molecular weight excluding hydrogens is 376 g/mol. The average Bonchev–Trinajstić information content (AvgIpc) is 3.53. The first-order valence-electron chi connectivity index (χ1n) is 9.75. The molecule has 7 rings (SSSR count). The van der Waals surface area contributed by atoms with Crippen molar-refractivity contribution in [1.82, 2.24) is 0 Å². The molecule has 3 aromatic carbocycles. The Labute approximate surface area is 169 Å². The quantitative estimate of drug-likeness (QED) is 0.300. The third-order valence-electron chi connectivity index (χ3n) is 5.49. The van der Waals surface area contributed by atoms with Gasteiger partial charge < -0.3 is 17.7 Å². The van der Waals surface area contributed by atoms with Crippen LogP contribution in [0.4, 0.5) is 0 Å². The summed E-state index contributed by atoms with van der Waals surface area (Å²) >= 11 is 0. The molecule has 0 fully saturated rings. The fourth-order valence-corrected chi connectivity index (χ4v) is 4.02. The molecule has 30 heavy (non-hydrogen) atoms. The Kier molecular flexibility index (Phi) is 2.97. The molecular formula is C26H14O4. The molecule has 0 radical (unpaired) electrons. The molecule has 142 valence electrons. The second-order valence-electron chi connectivity index (χ2n) is 7.45. The third-order valence-corrected chi connectivity index (χ3v) is 5.49. The smallest absolute Gasteiger partial charge is 0.170 e. The molecule has 7 aromatic rings. The number of furan rings is 4. The van der Waals surface area contributed by atoms with Crippen molar-refractivity contribution in [2.75, 3.05) is 0 Å². The first kappa shape index (κ1) is 15.7. The number of benzene rings is 3. The van der Waals surface area contributed by atoms with Crippen molar-refractivity contribution in [2.45, 2.75) is 0 Å². The minimum Gasteiger partial charge on any atom is -0.453 e. The van der Waals surface area contributed by atoms with Crippen molar-refractivity contribution >= 4 is 43.9 Å². The molecule has 0 amide bonds. The Morgan fingerprint density at radius 3 is 1.13 bits per heavy atom. The average molecular weight is 390 g/mol. The number of para-hydroxylation sites is 2. The molecule has 0 N–H and O–H groups in total. The van der Waals surface area contributed by atoms with Crippen LogP contribution in [0.3, 0.4) is 0 Å². The van der Waals surface area contributed by atoms with Crippen molar-refractivity contribution in [3.8, 4) is 23.0 Å². The van der Waals surface area contributed by atoms with E-state index in [4.69, 9.17) is 17.7 Å². The molecule has 4 heterocycles. The first-order chi connectivity index (χ1) is 14.8. The van der Waals surface area contributed by atoms with Gasteiger partial charge in [0.05, 0.1) is 0 Å². The Morgan fingerprint density at radius 1 is 0.333 bits per heavy atom. The maximum absolute atomic E-state index is 6.10. The van der Waals surface area contributed by atoms with E-state index in [0.29, 0.717) is 23.0 Å². The molecule has 0 bridgehead atoms. The Balaban J connectivity index is 1.34. The maximum atomic E-state index is 6.10. The minimum atomic E-state index is 0.700. The van der Waals surface area contributed by atoms with Gasteiger partial charge in [-0.25, -0.2) is 0 Å². The highest BCUT2D eigenvalue weighted by Crippen LogP contribution is 2.37. The van der Waals surface area contributed by atoms with Gasteiger partial charge in [0.1, 0.15) is 22.3 Å². The highest BCUT2D eigenvalue weighted by atomic mass is 16.4. The van der Waals surface area contributed by atoms with Crippen LogP contribution in [-0.2, 0) is 0 Å². The zero-order valence-corrected chi connectivity index (χ0v) is 15.7. The van der Waals surface area contributed by atoms with Gasteiger partial charge in [-0.05, 0) is 48.5 Å². The van der Waals surface area contributed by atoms with Gasteiger partial charge in [0.25, 0.3) is 0 Å². The molecule has 0 aliphatic carbocycles. The molecule has 0 atom stereocenters. The lowest BCUT2D eigenvalue weighted by atomic mass is 10.2.